The Morgan fingerprint density at radius 3 is 1.91 bits per heavy atom. The van der Waals surface area contributed by atoms with Crippen molar-refractivity contribution in [1.82, 2.24) is 0 Å². The molecular weight excluding hydrogens is 475 g/mol. The average molecular weight is 496 g/mol. The van der Waals surface area contributed by atoms with Gasteiger partial charge in [0.25, 0.3) is 0 Å². The number of hydrogen-bond acceptors (Lipinski definition) is 5. The van der Waals surface area contributed by atoms with Crippen LogP contribution in [-0.2, 0) is 9.31 Å². The first-order valence-corrected chi connectivity index (χ1v) is 14.1. The molecular formula is C28H21BO2S3. The van der Waals surface area contributed by atoms with E-state index >= 15 is 0 Å². The summed E-state index contributed by atoms with van der Waals surface area (Å²) in [5.74, 6) is 0. The molecule has 0 atom stereocenters. The van der Waals surface area contributed by atoms with Gasteiger partial charge in [0, 0.05) is 49.7 Å². The molecule has 166 valence electrons. The fraction of sp³-hybridized carbons (Fsp3) is 0.214. The molecule has 0 bridgehead atoms. The summed E-state index contributed by atoms with van der Waals surface area (Å²) in [4.78, 5) is 0. The van der Waals surface area contributed by atoms with E-state index in [1.165, 1.54) is 60.5 Å². The third-order valence-electron chi connectivity index (χ3n) is 7.86. The minimum atomic E-state index is -0.360. The molecule has 0 unspecified atom stereocenters. The van der Waals surface area contributed by atoms with Gasteiger partial charge >= 0.3 is 7.12 Å². The van der Waals surface area contributed by atoms with Crippen molar-refractivity contribution < 1.29 is 9.31 Å². The molecule has 0 N–H and O–H groups in total. The maximum Gasteiger partial charge on any atom is 0.494 e. The molecule has 0 amide bonds. The predicted molar refractivity (Wildman–Crippen MR) is 152 cm³/mol. The second-order valence-electron chi connectivity index (χ2n) is 10.4. The van der Waals surface area contributed by atoms with E-state index in [1.807, 2.05) is 34.0 Å². The molecule has 34 heavy (non-hydrogen) atoms. The Labute approximate surface area is 209 Å². The Hall–Kier alpha value is -2.22. The normalized spacial score (nSPS) is 18.2. The Morgan fingerprint density at radius 1 is 0.618 bits per heavy atom. The molecule has 6 heteroatoms. The van der Waals surface area contributed by atoms with Crippen LogP contribution in [0.4, 0.5) is 0 Å². The summed E-state index contributed by atoms with van der Waals surface area (Å²) in [5.41, 5.74) is 0.398. The van der Waals surface area contributed by atoms with Crippen LogP contribution in [0.5, 0.6) is 0 Å². The zero-order chi connectivity index (χ0) is 23.0. The van der Waals surface area contributed by atoms with E-state index in [-0.39, 0.29) is 18.3 Å². The van der Waals surface area contributed by atoms with Gasteiger partial charge in [-0.3, -0.25) is 0 Å². The highest BCUT2D eigenvalue weighted by atomic mass is 32.1. The lowest BCUT2D eigenvalue weighted by atomic mass is 9.79. The Balaban J connectivity index is 1.56. The van der Waals surface area contributed by atoms with Crippen molar-refractivity contribution in [2.45, 2.75) is 38.9 Å². The molecule has 0 spiro atoms. The summed E-state index contributed by atoms with van der Waals surface area (Å²) in [6.07, 6.45) is 0. The van der Waals surface area contributed by atoms with Crippen LogP contribution in [0.1, 0.15) is 27.7 Å². The number of thiophene rings is 2. The van der Waals surface area contributed by atoms with Crippen LogP contribution < -0.4 is 5.46 Å². The zero-order valence-electron chi connectivity index (χ0n) is 19.3. The van der Waals surface area contributed by atoms with Crippen LogP contribution in [0.3, 0.4) is 0 Å². The average Bonchev–Trinajstić information content (AvgIpc) is 3.37. The fourth-order valence-corrected chi connectivity index (χ4v) is 9.25. The molecule has 0 aliphatic carbocycles. The lowest BCUT2D eigenvalue weighted by molar-refractivity contribution is 0.00578. The molecule has 7 aromatic rings. The van der Waals surface area contributed by atoms with Gasteiger partial charge < -0.3 is 9.31 Å². The van der Waals surface area contributed by atoms with Crippen LogP contribution in [-0.4, -0.2) is 18.3 Å². The number of rotatable bonds is 1. The fourth-order valence-electron chi connectivity index (χ4n) is 5.42. The molecule has 1 aliphatic heterocycles. The first-order chi connectivity index (χ1) is 16.3. The minimum Gasteiger partial charge on any atom is -0.399 e. The van der Waals surface area contributed by atoms with Gasteiger partial charge in [0.15, 0.2) is 0 Å². The van der Waals surface area contributed by atoms with Crippen LogP contribution in [0.2, 0.25) is 0 Å². The lowest BCUT2D eigenvalue weighted by Crippen LogP contribution is -2.41. The van der Waals surface area contributed by atoms with Crippen molar-refractivity contribution >= 4 is 107 Å². The number of fused-ring (bicyclic) bond motifs is 2. The van der Waals surface area contributed by atoms with E-state index in [0.29, 0.717) is 0 Å². The molecule has 4 heterocycles. The highest BCUT2D eigenvalue weighted by molar-refractivity contribution is 7.32. The molecule has 0 radical (unpaired) electrons. The molecule has 2 nitrogen and oxygen atoms in total. The lowest BCUT2D eigenvalue weighted by Gasteiger charge is -2.32. The van der Waals surface area contributed by atoms with Gasteiger partial charge in [-0.25, -0.2) is 0 Å². The van der Waals surface area contributed by atoms with E-state index < -0.39 is 0 Å². The Kier molecular flexibility index (Phi) is 3.72. The summed E-state index contributed by atoms with van der Waals surface area (Å²) in [6.45, 7) is 8.48. The third kappa shape index (κ3) is 2.43. The van der Waals surface area contributed by atoms with Crippen molar-refractivity contribution in [2.75, 3.05) is 0 Å². The first-order valence-electron chi connectivity index (χ1n) is 11.6. The van der Waals surface area contributed by atoms with Crippen molar-refractivity contribution in [3.05, 3.63) is 54.6 Å². The van der Waals surface area contributed by atoms with E-state index in [4.69, 9.17) is 9.31 Å². The van der Waals surface area contributed by atoms with Crippen molar-refractivity contribution in [3.8, 4) is 0 Å². The largest absolute Gasteiger partial charge is 0.494 e. The quantitative estimate of drug-likeness (QED) is 0.212. The summed E-state index contributed by atoms with van der Waals surface area (Å²) in [7, 11) is -0.360. The number of benzene rings is 4. The zero-order valence-corrected chi connectivity index (χ0v) is 21.8. The highest BCUT2D eigenvalue weighted by Gasteiger charge is 2.51. The monoisotopic (exact) mass is 496 g/mol. The molecule has 8 rings (SSSR count). The topological polar surface area (TPSA) is 18.5 Å². The third-order valence-corrected chi connectivity index (χ3v) is 11.2. The molecule has 4 aromatic carbocycles. The van der Waals surface area contributed by atoms with Gasteiger partial charge in [-0.2, -0.15) is 0 Å². The van der Waals surface area contributed by atoms with Gasteiger partial charge in [-0.05, 0) is 74.3 Å². The summed E-state index contributed by atoms with van der Waals surface area (Å²) in [6, 6.07) is 20.4. The number of hydrogen-bond donors (Lipinski definition) is 0. The minimum absolute atomic E-state index is 0.355. The maximum atomic E-state index is 6.46. The second kappa shape index (κ2) is 6.31. The highest BCUT2D eigenvalue weighted by Crippen LogP contribution is 2.51. The van der Waals surface area contributed by atoms with E-state index in [1.54, 1.807) is 0 Å². The van der Waals surface area contributed by atoms with Crippen LogP contribution >= 0.6 is 34.0 Å². The molecule has 0 saturated carbocycles. The van der Waals surface area contributed by atoms with Crippen LogP contribution in [0.25, 0.3) is 60.5 Å². The molecule has 1 fully saturated rings. The molecule has 3 aromatic heterocycles. The summed E-state index contributed by atoms with van der Waals surface area (Å²) in [5, 5.41) is 8.29. The SMILES string of the molecule is CC1(C)OB(c2cc3sc4ccc5sc6cc7ccccc7c7sc(c2)c3c4c5c67)OC1(C)C. The van der Waals surface area contributed by atoms with Gasteiger partial charge in [0.05, 0.1) is 11.2 Å². The summed E-state index contributed by atoms with van der Waals surface area (Å²) < 4.78 is 21.0. The Morgan fingerprint density at radius 2 is 1.21 bits per heavy atom. The molecule has 1 saturated heterocycles. The Bertz CT molecular complexity index is 1920. The first kappa shape index (κ1) is 20.0. The van der Waals surface area contributed by atoms with E-state index in [2.05, 4.69) is 82.3 Å². The maximum absolute atomic E-state index is 6.46. The van der Waals surface area contributed by atoms with Crippen molar-refractivity contribution in [1.29, 1.82) is 0 Å². The van der Waals surface area contributed by atoms with Gasteiger partial charge in [-0.15, -0.1) is 34.0 Å². The van der Waals surface area contributed by atoms with E-state index in [9.17, 15) is 0 Å². The smallest absolute Gasteiger partial charge is 0.399 e. The standard InChI is InChI=1S/C28H21BO2S3/c1-27(2)28(3,4)31-29(30-27)15-12-20-22-21(13-15)34-26-16-8-6-5-7-14(16)11-19-25(26)24-18(32-19)10-9-17(33-20)23(22)24/h5-13H,1-4H3. The van der Waals surface area contributed by atoms with Gasteiger partial charge in [0.1, 0.15) is 0 Å². The summed E-state index contributed by atoms with van der Waals surface area (Å²) >= 11 is 5.73. The van der Waals surface area contributed by atoms with Gasteiger partial charge in [-0.1, -0.05) is 24.3 Å². The van der Waals surface area contributed by atoms with Crippen molar-refractivity contribution in [2.24, 2.45) is 0 Å². The van der Waals surface area contributed by atoms with E-state index in [0.717, 1.165) is 5.46 Å². The van der Waals surface area contributed by atoms with Crippen LogP contribution in [0.15, 0.2) is 54.6 Å². The van der Waals surface area contributed by atoms with Gasteiger partial charge in [0.2, 0.25) is 0 Å². The second-order valence-corrected chi connectivity index (χ2v) is 13.6. The van der Waals surface area contributed by atoms with Crippen LogP contribution in [0, 0.1) is 0 Å². The van der Waals surface area contributed by atoms with Crippen molar-refractivity contribution in [3.63, 3.8) is 0 Å². The molecule has 1 aliphatic rings. The predicted octanol–water partition coefficient (Wildman–Crippen LogP) is 8.53.